The summed E-state index contributed by atoms with van der Waals surface area (Å²) in [5.74, 6) is -0.0250. The van der Waals surface area contributed by atoms with Crippen LogP contribution in [0.15, 0.2) is 24.5 Å². The van der Waals surface area contributed by atoms with E-state index < -0.39 is 0 Å². The SMILES string of the molecule is C[C@H](C#N)c1ccncc1. The minimum atomic E-state index is -0.0250. The van der Waals surface area contributed by atoms with Crippen molar-refractivity contribution in [2.75, 3.05) is 0 Å². The van der Waals surface area contributed by atoms with Crippen molar-refractivity contribution in [3.05, 3.63) is 30.1 Å². The van der Waals surface area contributed by atoms with Gasteiger partial charge < -0.3 is 0 Å². The average Bonchev–Trinajstić information content (AvgIpc) is 2.05. The number of hydrogen-bond donors (Lipinski definition) is 0. The Hall–Kier alpha value is -1.36. The lowest BCUT2D eigenvalue weighted by Crippen LogP contribution is -1.87. The standard InChI is InChI=1S/C8H8N2/c1-7(6-9)8-2-4-10-5-3-8/h2-5,7H,1H3/t7-/m1/s1. The Labute approximate surface area is 60.1 Å². The molecule has 0 saturated carbocycles. The van der Waals surface area contributed by atoms with Crippen LogP contribution in [0, 0.1) is 11.3 Å². The van der Waals surface area contributed by atoms with Gasteiger partial charge in [-0.1, -0.05) is 0 Å². The van der Waals surface area contributed by atoms with Gasteiger partial charge in [-0.2, -0.15) is 5.26 Å². The molecule has 2 nitrogen and oxygen atoms in total. The van der Waals surface area contributed by atoms with Gasteiger partial charge in [0, 0.05) is 12.4 Å². The van der Waals surface area contributed by atoms with E-state index >= 15 is 0 Å². The van der Waals surface area contributed by atoms with Crippen LogP contribution in [-0.4, -0.2) is 4.98 Å². The Morgan fingerprint density at radius 1 is 1.50 bits per heavy atom. The maximum atomic E-state index is 8.52. The highest BCUT2D eigenvalue weighted by Crippen LogP contribution is 2.10. The van der Waals surface area contributed by atoms with Gasteiger partial charge in [0.05, 0.1) is 12.0 Å². The first-order chi connectivity index (χ1) is 4.84. The molecule has 1 atom stereocenters. The van der Waals surface area contributed by atoms with Crippen LogP contribution in [0.4, 0.5) is 0 Å². The number of aromatic nitrogens is 1. The van der Waals surface area contributed by atoms with Crippen molar-refractivity contribution in [1.29, 1.82) is 5.26 Å². The Morgan fingerprint density at radius 2 is 2.10 bits per heavy atom. The van der Waals surface area contributed by atoms with Crippen LogP contribution in [0.3, 0.4) is 0 Å². The normalized spacial score (nSPS) is 12.0. The maximum Gasteiger partial charge on any atom is 0.0700 e. The molecule has 0 aliphatic carbocycles. The quantitative estimate of drug-likeness (QED) is 0.583. The summed E-state index contributed by atoms with van der Waals surface area (Å²) in [6.07, 6.45) is 3.40. The van der Waals surface area contributed by atoms with Gasteiger partial charge in [-0.3, -0.25) is 4.98 Å². The van der Waals surface area contributed by atoms with E-state index in [2.05, 4.69) is 11.1 Å². The van der Waals surface area contributed by atoms with Crippen LogP contribution in [0.1, 0.15) is 18.4 Å². The van der Waals surface area contributed by atoms with Crippen molar-refractivity contribution in [1.82, 2.24) is 4.98 Å². The minimum absolute atomic E-state index is 0.0250. The summed E-state index contributed by atoms with van der Waals surface area (Å²) in [4.78, 5) is 3.85. The summed E-state index contributed by atoms with van der Waals surface area (Å²) < 4.78 is 0. The van der Waals surface area contributed by atoms with Gasteiger partial charge in [0.25, 0.3) is 0 Å². The molecule has 0 bridgehead atoms. The predicted octanol–water partition coefficient (Wildman–Crippen LogP) is 1.71. The van der Waals surface area contributed by atoms with Crippen molar-refractivity contribution in [3.8, 4) is 6.07 Å². The van der Waals surface area contributed by atoms with E-state index in [9.17, 15) is 0 Å². The number of pyridine rings is 1. The molecule has 0 amide bonds. The first-order valence-electron chi connectivity index (χ1n) is 3.14. The highest BCUT2D eigenvalue weighted by Gasteiger charge is 2.00. The van der Waals surface area contributed by atoms with Crippen molar-refractivity contribution < 1.29 is 0 Å². The Balaban J connectivity index is 2.88. The lowest BCUT2D eigenvalue weighted by molar-refractivity contribution is 0.975. The van der Waals surface area contributed by atoms with E-state index in [0.29, 0.717) is 0 Å². The molecule has 50 valence electrons. The van der Waals surface area contributed by atoms with Crippen molar-refractivity contribution in [2.45, 2.75) is 12.8 Å². The highest BCUT2D eigenvalue weighted by molar-refractivity contribution is 5.20. The summed E-state index contributed by atoms with van der Waals surface area (Å²) in [6.45, 7) is 1.87. The summed E-state index contributed by atoms with van der Waals surface area (Å²) in [6, 6.07) is 5.86. The molecule has 0 N–H and O–H groups in total. The molecular weight excluding hydrogens is 124 g/mol. The third-order valence-electron chi connectivity index (χ3n) is 1.40. The van der Waals surface area contributed by atoms with E-state index in [1.807, 2.05) is 19.1 Å². The number of hydrogen-bond acceptors (Lipinski definition) is 2. The topological polar surface area (TPSA) is 36.7 Å². The van der Waals surface area contributed by atoms with E-state index in [1.165, 1.54) is 0 Å². The largest absolute Gasteiger partial charge is 0.265 e. The second-order valence-electron chi connectivity index (χ2n) is 2.13. The molecule has 10 heavy (non-hydrogen) atoms. The minimum Gasteiger partial charge on any atom is -0.265 e. The average molecular weight is 132 g/mol. The summed E-state index contributed by atoms with van der Waals surface area (Å²) in [5.41, 5.74) is 1.03. The zero-order chi connectivity index (χ0) is 7.40. The van der Waals surface area contributed by atoms with Crippen molar-refractivity contribution >= 4 is 0 Å². The molecule has 1 aromatic rings. The Morgan fingerprint density at radius 3 is 2.60 bits per heavy atom. The first-order valence-corrected chi connectivity index (χ1v) is 3.14. The second kappa shape index (κ2) is 2.98. The molecule has 0 aromatic carbocycles. The fourth-order valence-corrected chi connectivity index (χ4v) is 0.727. The molecule has 1 heterocycles. The van der Waals surface area contributed by atoms with Gasteiger partial charge in [-0.15, -0.1) is 0 Å². The zero-order valence-electron chi connectivity index (χ0n) is 5.78. The van der Waals surface area contributed by atoms with Gasteiger partial charge in [0.1, 0.15) is 0 Å². The van der Waals surface area contributed by atoms with E-state index in [-0.39, 0.29) is 5.92 Å². The predicted molar refractivity (Wildman–Crippen MR) is 38.3 cm³/mol. The van der Waals surface area contributed by atoms with Gasteiger partial charge in [-0.05, 0) is 24.6 Å². The van der Waals surface area contributed by atoms with Crippen molar-refractivity contribution in [3.63, 3.8) is 0 Å². The van der Waals surface area contributed by atoms with Gasteiger partial charge in [-0.25, -0.2) is 0 Å². The van der Waals surface area contributed by atoms with Crippen LogP contribution in [-0.2, 0) is 0 Å². The lowest BCUT2D eigenvalue weighted by atomic mass is 10.1. The Bertz CT molecular complexity index is 235. The molecular formula is C8H8N2. The molecule has 1 aromatic heterocycles. The van der Waals surface area contributed by atoms with Crippen molar-refractivity contribution in [2.24, 2.45) is 0 Å². The number of nitriles is 1. The van der Waals surface area contributed by atoms with E-state index in [1.54, 1.807) is 12.4 Å². The van der Waals surface area contributed by atoms with E-state index in [0.717, 1.165) is 5.56 Å². The highest BCUT2D eigenvalue weighted by atomic mass is 14.6. The number of nitrogens with zero attached hydrogens (tertiary/aromatic N) is 2. The second-order valence-corrected chi connectivity index (χ2v) is 2.13. The lowest BCUT2D eigenvalue weighted by Gasteiger charge is -1.98. The fraction of sp³-hybridized carbons (Fsp3) is 0.250. The molecule has 0 fully saturated rings. The third kappa shape index (κ3) is 1.32. The Kier molecular flexibility index (Phi) is 2.01. The summed E-state index contributed by atoms with van der Waals surface area (Å²) in [7, 11) is 0. The monoisotopic (exact) mass is 132 g/mol. The van der Waals surface area contributed by atoms with E-state index in [4.69, 9.17) is 5.26 Å². The fourth-order valence-electron chi connectivity index (χ4n) is 0.727. The van der Waals surface area contributed by atoms with Crippen LogP contribution in [0.25, 0.3) is 0 Å². The summed E-state index contributed by atoms with van der Waals surface area (Å²) >= 11 is 0. The molecule has 1 rings (SSSR count). The molecule has 0 saturated heterocycles. The first kappa shape index (κ1) is 6.76. The smallest absolute Gasteiger partial charge is 0.0700 e. The van der Waals surface area contributed by atoms with Gasteiger partial charge >= 0.3 is 0 Å². The molecule has 0 spiro atoms. The molecule has 0 radical (unpaired) electrons. The van der Waals surface area contributed by atoms with Crippen LogP contribution in [0.2, 0.25) is 0 Å². The summed E-state index contributed by atoms with van der Waals surface area (Å²) in [5, 5.41) is 8.52. The zero-order valence-corrected chi connectivity index (χ0v) is 5.78. The number of rotatable bonds is 1. The molecule has 2 heteroatoms. The van der Waals surface area contributed by atoms with Gasteiger partial charge in [0.2, 0.25) is 0 Å². The van der Waals surface area contributed by atoms with Crippen LogP contribution >= 0.6 is 0 Å². The maximum absolute atomic E-state index is 8.52. The molecule has 0 aliphatic heterocycles. The van der Waals surface area contributed by atoms with Crippen LogP contribution in [0.5, 0.6) is 0 Å². The van der Waals surface area contributed by atoms with Gasteiger partial charge in [0.15, 0.2) is 0 Å². The molecule has 0 unspecified atom stereocenters. The third-order valence-corrected chi connectivity index (χ3v) is 1.40. The molecule has 0 aliphatic rings. The van der Waals surface area contributed by atoms with Crippen LogP contribution < -0.4 is 0 Å².